The molecule has 0 aromatic heterocycles. The molecule has 0 saturated heterocycles. The van der Waals surface area contributed by atoms with Crippen LogP contribution in [0.1, 0.15) is 25.3 Å². The van der Waals surface area contributed by atoms with E-state index in [1.165, 1.54) is 7.05 Å². The van der Waals surface area contributed by atoms with E-state index in [0.717, 1.165) is 10.5 Å². The van der Waals surface area contributed by atoms with E-state index < -0.39 is 18.1 Å². The zero-order valence-corrected chi connectivity index (χ0v) is 11.2. The number of hydrogen-bond donors (Lipinski definition) is 1. The van der Waals surface area contributed by atoms with Crippen LogP contribution in [0.25, 0.3) is 0 Å². The van der Waals surface area contributed by atoms with Crippen LogP contribution in [0.3, 0.4) is 0 Å². The van der Waals surface area contributed by atoms with Crippen molar-refractivity contribution in [1.82, 2.24) is 4.90 Å². The van der Waals surface area contributed by atoms with E-state index in [0.29, 0.717) is 12.8 Å². The van der Waals surface area contributed by atoms with Gasteiger partial charge in [-0.05, 0) is 12.0 Å². The van der Waals surface area contributed by atoms with Gasteiger partial charge in [-0.15, -0.1) is 0 Å². The molecule has 0 aliphatic carbocycles. The summed E-state index contributed by atoms with van der Waals surface area (Å²) in [5, 5.41) is 9.06. The van der Waals surface area contributed by atoms with E-state index in [2.05, 4.69) is 0 Å². The molecule has 1 aromatic carbocycles. The Morgan fingerprint density at radius 2 is 1.95 bits per heavy atom. The fourth-order valence-electron chi connectivity index (χ4n) is 1.70. The SMILES string of the molecule is CCCC(C(=O)O)N(C)C(=O)OCc1ccccc1. The Labute approximate surface area is 112 Å². The summed E-state index contributed by atoms with van der Waals surface area (Å²) in [6, 6.07) is 8.42. The Bertz CT molecular complexity index is 419. The molecule has 0 heterocycles. The van der Waals surface area contributed by atoms with Crippen molar-refractivity contribution in [2.45, 2.75) is 32.4 Å². The largest absolute Gasteiger partial charge is 0.480 e. The van der Waals surface area contributed by atoms with Crippen LogP contribution in [0.15, 0.2) is 30.3 Å². The average molecular weight is 265 g/mol. The smallest absolute Gasteiger partial charge is 0.410 e. The summed E-state index contributed by atoms with van der Waals surface area (Å²) >= 11 is 0. The van der Waals surface area contributed by atoms with Gasteiger partial charge in [0, 0.05) is 7.05 Å². The fourth-order valence-corrected chi connectivity index (χ4v) is 1.70. The number of carbonyl (C=O) groups is 2. The number of aliphatic carboxylic acids is 1. The molecule has 0 bridgehead atoms. The van der Waals surface area contributed by atoms with Crippen molar-refractivity contribution < 1.29 is 19.4 Å². The second kappa shape index (κ2) is 7.41. The number of carbonyl (C=O) groups excluding carboxylic acids is 1. The summed E-state index contributed by atoms with van der Waals surface area (Å²) in [5.41, 5.74) is 0.867. The standard InChI is InChI=1S/C14H19NO4/c1-3-7-12(13(16)17)15(2)14(18)19-10-11-8-5-4-6-9-11/h4-6,8-9,12H,3,7,10H2,1-2H3,(H,16,17). The Hall–Kier alpha value is -2.04. The monoisotopic (exact) mass is 265 g/mol. The van der Waals surface area contributed by atoms with Crippen LogP contribution >= 0.6 is 0 Å². The van der Waals surface area contributed by atoms with Crippen LogP contribution in [0.2, 0.25) is 0 Å². The number of rotatable bonds is 6. The summed E-state index contributed by atoms with van der Waals surface area (Å²) in [6.07, 6.45) is 0.476. The minimum atomic E-state index is -1.01. The Morgan fingerprint density at radius 1 is 1.32 bits per heavy atom. The molecule has 0 spiro atoms. The van der Waals surface area contributed by atoms with Gasteiger partial charge >= 0.3 is 12.1 Å². The number of carboxylic acid groups (broad SMARTS) is 1. The summed E-state index contributed by atoms with van der Waals surface area (Å²) in [6.45, 7) is 2.02. The van der Waals surface area contributed by atoms with Gasteiger partial charge in [0.1, 0.15) is 12.6 Å². The fraction of sp³-hybridized carbons (Fsp3) is 0.429. The van der Waals surface area contributed by atoms with Gasteiger partial charge in [0.2, 0.25) is 0 Å². The van der Waals surface area contributed by atoms with Gasteiger partial charge in [0.25, 0.3) is 0 Å². The molecule has 1 N–H and O–H groups in total. The normalized spacial score (nSPS) is 11.7. The summed E-state index contributed by atoms with van der Waals surface area (Å²) < 4.78 is 5.09. The molecule has 19 heavy (non-hydrogen) atoms. The van der Waals surface area contributed by atoms with Crippen molar-refractivity contribution in [2.75, 3.05) is 7.05 Å². The average Bonchev–Trinajstić information content (AvgIpc) is 2.42. The van der Waals surface area contributed by atoms with E-state index in [1.54, 1.807) is 0 Å². The number of carboxylic acids is 1. The van der Waals surface area contributed by atoms with Gasteiger partial charge in [-0.2, -0.15) is 0 Å². The molecular formula is C14H19NO4. The van der Waals surface area contributed by atoms with Crippen molar-refractivity contribution in [3.8, 4) is 0 Å². The number of benzene rings is 1. The molecule has 5 nitrogen and oxygen atoms in total. The minimum Gasteiger partial charge on any atom is -0.480 e. The van der Waals surface area contributed by atoms with Gasteiger partial charge in [-0.3, -0.25) is 4.90 Å². The van der Waals surface area contributed by atoms with Crippen LogP contribution in [-0.4, -0.2) is 35.2 Å². The third-order valence-corrected chi connectivity index (χ3v) is 2.81. The van der Waals surface area contributed by atoms with E-state index in [-0.39, 0.29) is 6.61 Å². The topological polar surface area (TPSA) is 66.8 Å². The second-order valence-corrected chi connectivity index (χ2v) is 4.29. The number of likely N-dealkylation sites (N-methyl/N-ethyl adjacent to an activating group) is 1. The Kier molecular flexibility index (Phi) is 5.85. The molecule has 0 fully saturated rings. The van der Waals surface area contributed by atoms with Gasteiger partial charge in [-0.25, -0.2) is 9.59 Å². The minimum absolute atomic E-state index is 0.141. The van der Waals surface area contributed by atoms with Crippen molar-refractivity contribution in [3.05, 3.63) is 35.9 Å². The summed E-state index contributed by atoms with van der Waals surface area (Å²) in [4.78, 5) is 24.0. The number of ether oxygens (including phenoxy) is 1. The third kappa shape index (κ3) is 4.62. The van der Waals surface area contributed by atoms with Crippen LogP contribution in [0.4, 0.5) is 4.79 Å². The third-order valence-electron chi connectivity index (χ3n) is 2.81. The quantitative estimate of drug-likeness (QED) is 0.858. The van der Waals surface area contributed by atoms with E-state index in [1.807, 2.05) is 37.3 Å². The number of amides is 1. The lowest BCUT2D eigenvalue weighted by Crippen LogP contribution is -2.42. The van der Waals surface area contributed by atoms with Gasteiger partial charge in [0.15, 0.2) is 0 Å². The molecular weight excluding hydrogens is 246 g/mol. The Balaban J connectivity index is 2.54. The molecule has 1 amide bonds. The second-order valence-electron chi connectivity index (χ2n) is 4.29. The van der Waals surface area contributed by atoms with E-state index >= 15 is 0 Å². The van der Waals surface area contributed by atoms with Crippen molar-refractivity contribution >= 4 is 12.1 Å². The highest BCUT2D eigenvalue weighted by Crippen LogP contribution is 2.09. The first-order chi connectivity index (χ1) is 9.06. The predicted molar refractivity (Wildman–Crippen MR) is 70.7 cm³/mol. The van der Waals surface area contributed by atoms with Crippen LogP contribution in [0, 0.1) is 0 Å². The maximum absolute atomic E-state index is 11.8. The summed E-state index contributed by atoms with van der Waals surface area (Å²) in [7, 11) is 1.45. The first-order valence-electron chi connectivity index (χ1n) is 6.22. The number of hydrogen-bond acceptors (Lipinski definition) is 3. The highest BCUT2D eigenvalue weighted by molar-refractivity contribution is 5.79. The van der Waals surface area contributed by atoms with E-state index in [4.69, 9.17) is 9.84 Å². The van der Waals surface area contributed by atoms with Crippen LogP contribution in [0.5, 0.6) is 0 Å². The van der Waals surface area contributed by atoms with Gasteiger partial charge < -0.3 is 9.84 Å². The van der Waals surface area contributed by atoms with Gasteiger partial charge in [-0.1, -0.05) is 43.7 Å². The molecule has 1 rings (SSSR count). The molecule has 104 valence electrons. The predicted octanol–water partition coefficient (Wildman–Crippen LogP) is 2.51. The lowest BCUT2D eigenvalue weighted by atomic mass is 10.1. The lowest BCUT2D eigenvalue weighted by Gasteiger charge is -2.23. The maximum atomic E-state index is 11.8. The lowest BCUT2D eigenvalue weighted by molar-refractivity contribution is -0.142. The molecule has 1 atom stereocenters. The molecule has 0 saturated carbocycles. The Morgan fingerprint density at radius 3 is 2.47 bits per heavy atom. The molecule has 1 unspecified atom stereocenters. The zero-order valence-electron chi connectivity index (χ0n) is 11.2. The van der Waals surface area contributed by atoms with Crippen molar-refractivity contribution in [3.63, 3.8) is 0 Å². The molecule has 5 heteroatoms. The van der Waals surface area contributed by atoms with Gasteiger partial charge in [0.05, 0.1) is 0 Å². The summed E-state index contributed by atoms with van der Waals surface area (Å²) in [5.74, 6) is -1.01. The van der Waals surface area contributed by atoms with Crippen LogP contribution < -0.4 is 0 Å². The molecule has 0 radical (unpaired) electrons. The zero-order chi connectivity index (χ0) is 14.3. The van der Waals surface area contributed by atoms with Crippen molar-refractivity contribution in [2.24, 2.45) is 0 Å². The molecule has 1 aromatic rings. The van der Waals surface area contributed by atoms with Crippen LogP contribution in [-0.2, 0) is 16.1 Å². The highest BCUT2D eigenvalue weighted by Gasteiger charge is 2.26. The molecule has 0 aliphatic heterocycles. The first-order valence-corrected chi connectivity index (χ1v) is 6.22. The molecule has 0 aliphatic rings. The first kappa shape index (κ1) is 15.0. The highest BCUT2D eigenvalue weighted by atomic mass is 16.6. The number of nitrogens with zero attached hydrogens (tertiary/aromatic N) is 1. The maximum Gasteiger partial charge on any atom is 0.410 e. The van der Waals surface area contributed by atoms with Crippen molar-refractivity contribution in [1.29, 1.82) is 0 Å². The van der Waals surface area contributed by atoms with E-state index in [9.17, 15) is 9.59 Å².